The summed E-state index contributed by atoms with van der Waals surface area (Å²) in [5, 5.41) is 23.6. The van der Waals surface area contributed by atoms with Gasteiger partial charge in [0.15, 0.2) is 5.76 Å². The predicted molar refractivity (Wildman–Crippen MR) is 85.5 cm³/mol. The third-order valence-corrected chi connectivity index (χ3v) is 4.96. The summed E-state index contributed by atoms with van der Waals surface area (Å²) in [7, 11) is 1.38. The van der Waals surface area contributed by atoms with Crippen molar-refractivity contribution < 1.29 is 14.6 Å². The van der Waals surface area contributed by atoms with Crippen LogP contribution in [0.3, 0.4) is 0 Å². The molecule has 0 saturated carbocycles. The molecular formula is C16H19N3O5. The summed E-state index contributed by atoms with van der Waals surface area (Å²) in [5.41, 5.74) is -1.94. The van der Waals surface area contributed by atoms with E-state index in [1.54, 1.807) is 4.90 Å². The molecule has 1 aliphatic carbocycles. The first-order valence-electron chi connectivity index (χ1n) is 7.72. The summed E-state index contributed by atoms with van der Waals surface area (Å²) in [6.07, 6.45) is 1.53. The highest BCUT2D eigenvalue weighted by molar-refractivity contribution is 5.24. The molecule has 0 N–H and O–H groups in total. The van der Waals surface area contributed by atoms with Crippen LogP contribution in [0, 0.1) is 20.2 Å². The van der Waals surface area contributed by atoms with Crippen molar-refractivity contribution in [2.45, 2.75) is 30.5 Å². The summed E-state index contributed by atoms with van der Waals surface area (Å²) >= 11 is 0. The second-order valence-corrected chi connectivity index (χ2v) is 6.55. The van der Waals surface area contributed by atoms with E-state index < -0.39 is 16.0 Å². The monoisotopic (exact) mass is 333 g/mol. The largest absolute Gasteiger partial charge is 0.494 e. The van der Waals surface area contributed by atoms with Crippen molar-refractivity contribution in [1.29, 1.82) is 0 Å². The predicted octanol–water partition coefficient (Wildman–Crippen LogP) is 1.86. The molecule has 1 heterocycles. The van der Waals surface area contributed by atoms with Gasteiger partial charge in [-0.2, -0.15) is 0 Å². The lowest BCUT2D eigenvalue weighted by Gasteiger charge is -2.45. The number of fused-ring (bicyclic) bond motifs is 2. The molecule has 128 valence electrons. The zero-order valence-electron chi connectivity index (χ0n) is 13.4. The Labute approximate surface area is 139 Å². The molecule has 1 aliphatic heterocycles. The van der Waals surface area contributed by atoms with Crippen molar-refractivity contribution in [3.63, 3.8) is 0 Å². The number of piperidine rings is 1. The molecule has 1 aromatic carbocycles. The van der Waals surface area contributed by atoms with Crippen LogP contribution in [-0.2, 0) is 11.3 Å². The highest BCUT2D eigenvalue weighted by Gasteiger charge is 2.66. The number of hydrogen-bond acceptors (Lipinski definition) is 6. The van der Waals surface area contributed by atoms with Crippen LogP contribution in [0.15, 0.2) is 42.2 Å². The van der Waals surface area contributed by atoms with Gasteiger partial charge >= 0.3 is 0 Å². The van der Waals surface area contributed by atoms with Crippen LogP contribution in [0.1, 0.15) is 18.4 Å². The minimum atomic E-state index is -1.56. The number of ether oxygens (including phenoxy) is 1. The van der Waals surface area contributed by atoms with E-state index in [1.807, 2.05) is 30.3 Å². The van der Waals surface area contributed by atoms with Gasteiger partial charge in [-0.25, -0.2) is 0 Å². The minimum absolute atomic E-state index is 0.101. The first-order valence-corrected chi connectivity index (χ1v) is 7.72. The van der Waals surface area contributed by atoms with Crippen molar-refractivity contribution >= 4 is 0 Å². The number of likely N-dealkylation sites (tertiary alicyclic amines) is 1. The fourth-order valence-corrected chi connectivity index (χ4v) is 3.91. The van der Waals surface area contributed by atoms with E-state index in [0.29, 0.717) is 6.54 Å². The molecule has 0 unspecified atom stereocenters. The molecule has 0 radical (unpaired) electrons. The van der Waals surface area contributed by atoms with E-state index in [1.165, 1.54) is 13.2 Å². The number of rotatable bonds is 5. The molecule has 2 bridgehead atoms. The van der Waals surface area contributed by atoms with Gasteiger partial charge in [0.2, 0.25) is 5.54 Å². The number of nitro groups is 2. The Kier molecular flexibility index (Phi) is 4.00. The van der Waals surface area contributed by atoms with Crippen LogP contribution >= 0.6 is 0 Å². The molecule has 2 atom stereocenters. The summed E-state index contributed by atoms with van der Waals surface area (Å²) < 4.78 is 5.23. The van der Waals surface area contributed by atoms with Crippen LogP contribution in [-0.4, -0.2) is 46.0 Å². The summed E-state index contributed by atoms with van der Waals surface area (Å²) in [6.45, 7) is 0.727. The van der Waals surface area contributed by atoms with Gasteiger partial charge in [-0.15, -0.1) is 0 Å². The second kappa shape index (κ2) is 5.86. The standard InChI is InChI=1S/C16H19N3O5/c1-24-14-7-8-15(18(20)21)10-16(14,19(22)23)12-17(11-15)9-13-5-3-2-4-6-13/h2-7H,8-12H2,1H3/t15-,16-/m1/s1. The van der Waals surface area contributed by atoms with Gasteiger partial charge in [0.05, 0.1) is 26.6 Å². The summed E-state index contributed by atoms with van der Waals surface area (Å²) in [5.74, 6) is 0.225. The van der Waals surface area contributed by atoms with Crippen LogP contribution in [0.4, 0.5) is 0 Å². The molecule has 8 heteroatoms. The maximum absolute atomic E-state index is 11.9. The van der Waals surface area contributed by atoms with Crippen molar-refractivity contribution in [3.8, 4) is 0 Å². The zero-order chi connectivity index (χ0) is 17.4. The Balaban J connectivity index is 1.99. The molecule has 0 aromatic heterocycles. The van der Waals surface area contributed by atoms with Gasteiger partial charge in [0.25, 0.3) is 5.54 Å². The van der Waals surface area contributed by atoms with Crippen LogP contribution in [0.25, 0.3) is 0 Å². The van der Waals surface area contributed by atoms with E-state index >= 15 is 0 Å². The Morgan fingerprint density at radius 3 is 2.46 bits per heavy atom. The van der Waals surface area contributed by atoms with Crippen molar-refractivity contribution in [2.24, 2.45) is 0 Å². The SMILES string of the molecule is COC1=CC[C@]2([N+](=O)[O-])CN(Cc3ccccc3)C[C@]1([N+](=O)[O-])C2. The van der Waals surface area contributed by atoms with Gasteiger partial charge in [-0.1, -0.05) is 30.3 Å². The normalized spacial score (nSPS) is 29.6. The first-order chi connectivity index (χ1) is 11.4. The van der Waals surface area contributed by atoms with Crippen LogP contribution in [0.2, 0.25) is 0 Å². The quantitative estimate of drug-likeness (QED) is 0.602. The van der Waals surface area contributed by atoms with E-state index in [-0.39, 0.29) is 36.6 Å². The molecule has 0 spiro atoms. The molecule has 1 saturated heterocycles. The first kappa shape index (κ1) is 16.4. The highest BCUT2D eigenvalue weighted by Crippen LogP contribution is 2.44. The number of hydrogen-bond donors (Lipinski definition) is 0. The lowest BCUT2D eigenvalue weighted by atomic mass is 9.71. The van der Waals surface area contributed by atoms with Crippen LogP contribution in [0.5, 0.6) is 0 Å². The van der Waals surface area contributed by atoms with E-state index in [9.17, 15) is 20.2 Å². The lowest BCUT2D eigenvalue weighted by molar-refractivity contribution is -0.624. The Bertz CT molecular complexity index is 692. The molecule has 2 aliphatic rings. The van der Waals surface area contributed by atoms with Gasteiger partial charge in [0.1, 0.15) is 0 Å². The topological polar surface area (TPSA) is 98.8 Å². The second-order valence-electron chi connectivity index (χ2n) is 6.55. The number of nitrogens with zero attached hydrogens (tertiary/aromatic N) is 3. The third kappa shape index (κ3) is 2.52. The molecule has 0 amide bonds. The molecule has 3 rings (SSSR count). The van der Waals surface area contributed by atoms with Gasteiger partial charge in [-0.3, -0.25) is 25.1 Å². The average molecular weight is 333 g/mol. The van der Waals surface area contributed by atoms with Crippen molar-refractivity contribution in [2.75, 3.05) is 20.2 Å². The van der Waals surface area contributed by atoms with Gasteiger partial charge in [0, 0.05) is 22.8 Å². The average Bonchev–Trinajstić information content (AvgIpc) is 2.55. The van der Waals surface area contributed by atoms with Crippen molar-refractivity contribution in [1.82, 2.24) is 4.90 Å². The highest BCUT2D eigenvalue weighted by atomic mass is 16.6. The number of methoxy groups -OCH3 is 1. The maximum atomic E-state index is 11.9. The molecule has 8 nitrogen and oxygen atoms in total. The molecule has 24 heavy (non-hydrogen) atoms. The van der Waals surface area contributed by atoms with E-state index in [4.69, 9.17) is 4.74 Å². The lowest BCUT2D eigenvalue weighted by Crippen LogP contribution is -2.67. The van der Waals surface area contributed by atoms with E-state index in [2.05, 4.69) is 0 Å². The third-order valence-electron chi connectivity index (χ3n) is 4.96. The molecule has 1 fully saturated rings. The van der Waals surface area contributed by atoms with Crippen molar-refractivity contribution in [3.05, 3.63) is 68.0 Å². The number of benzene rings is 1. The summed E-state index contributed by atoms with van der Waals surface area (Å²) in [4.78, 5) is 24.6. The summed E-state index contributed by atoms with van der Waals surface area (Å²) in [6, 6.07) is 9.47. The fraction of sp³-hybridized carbons (Fsp3) is 0.500. The molecular weight excluding hydrogens is 314 g/mol. The van der Waals surface area contributed by atoms with Gasteiger partial charge < -0.3 is 4.74 Å². The van der Waals surface area contributed by atoms with Gasteiger partial charge in [-0.05, 0) is 11.6 Å². The Morgan fingerprint density at radius 1 is 1.17 bits per heavy atom. The zero-order valence-corrected chi connectivity index (χ0v) is 13.4. The minimum Gasteiger partial charge on any atom is -0.494 e. The van der Waals surface area contributed by atoms with Crippen LogP contribution < -0.4 is 0 Å². The Morgan fingerprint density at radius 2 is 1.88 bits per heavy atom. The smallest absolute Gasteiger partial charge is 0.296 e. The maximum Gasteiger partial charge on any atom is 0.296 e. The Hall–Kier alpha value is -2.48. The molecule has 1 aromatic rings. The van der Waals surface area contributed by atoms with E-state index in [0.717, 1.165) is 5.56 Å². The fourth-order valence-electron chi connectivity index (χ4n) is 3.91.